The molecule has 17 heavy (non-hydrogen) atoms. The molecule has 0 saturated carbocycles. The van der Waals surface area contributed by atoms with Crippen molar-refractivity contribution >= 4 is 17.6 Å². The van der Waals surface area contributed by atoms with Gasteiger partial charge in [0, 0.05) is 24.6 Å². The third kappa shape index (κ3) is 1.07. The number of anilines is 1. The van der Waals surface area contributed by atoms with E-state index < -0.39 is 11.6 Å². The SMILES string of the molecule is C=C1C[C@@]2(OC1=O)C(=O)N(C)c1ccccc12. The van der Waals surface area contributed by atoms with Crippen LogP contribution in [0.5, 0.6) is 0 Å². The first-order valence-corrected chi connectivity index (χ1v) is 5.35. The molecule has 0 unspecified atom stereocenters. The van der Waals surface area contributed by atoms with Crippen LogP contribution in [0.25, 0.3) is 0 Å². The summed E-state index contributed by atoms with van der Waals surface area (Å²) in [6.07, 6.45) is 0.242. The molecule has 1 spiro atoms. The molecule has 1 atom stereocenters. The maximum absolute atomic E-state index is 12.3. The van der Waals surface area contributed by atoms with E-state index in [-0.39, 0.29) is 12.3 Å². The zero-order valence-electron chi connectivity index (χ0n) is 9.40. The third-order valence-corrected chi connectivity index (χ3v) is 3.37. The monoisotopic (exact) mass is 229 g/mol. The first-order valence-electron chi connectivity index (χ1n) is 5.35. The van der Waals surface area contributed by atoms with Crippen LogP contribution in [-0.4, -0.2) is 18.9 Å². The zero-order chi connectivity index (χ0) is 12.2. The van der Waals surface area contributed by atoms with Gasteiger partial charge in [-0.05, 0) is 6.07 Å². The van der Waals surface area contributed by atoms with Crippen molar-refractivity contribution in [2.75, 3.05) is 11.9 Å². The van der Waals surface area contributed by atoms with E-state index in [1.54, 1.807) is 7.05 Å². The number of ether oxygens (including phenoxy) is 1. The lowest BCUT2D eigenvalue weighted by Crippen LogP contribution is -2.38. The van der Waals surface area contributed by atoms with E-state index in [9.17, 15) is 9.59 Å². The van der Waals surface area contributed by atoms with Crippen LogP contribution in [0.4, 0.5) is 5.69 Å². The highest BCUT2D eigenvalue weighted by molar-refractivity contribution is 6.10. The lowest BCUT2D eigenvalue weighted by atomic mass is 9.91. The molecular formula is C13H11NO3. The van der Waals surface area contributed by atoms with Gasteiger partial charge in [0.2, 0.25) is 5.60 Å². The number of hydrogen-bond acceptors (Lipinski definition) is 3. The Morgan fingerprint density at radius 1 is 1.35 bits per heavy atom. The van der Waals surface area contributed by atoms with Crippen molar-refractivity contribution in [2.24, 2.45) is 0 Å². The van der Waals surface area contributed by atoms with Crippen molar-refractivity contribution < 1.29 is 14.3 Å². The summed E-state index contributed by atoms with van der Waals surface area (Å²) in [6, 6.07) is 7.36. The molecule has 1 amide bonds. The number of likely N-dealkylation sites (N-methyl/N-ethyl adjacent to an activating group) is 1. The number of nitrogens with zero attached hydrogens (tertiary/aromatic N) is 1. The molecule has 1 saturated heterocycles. The van der Waals surface area contributed by atoms with E-state index in [4.69, 9.17) is 4.74 Å². The number of para-hydroxylation sites is 1. The lowest BCUT2D eigenvalue weighted by Gasteiger charge is -2.20. The van der Waals surface area contributed by atoms with Gasteiger partial charge in [-0.2, -0.15) is 0 Å². The summed E-state index contributed by atoms with van der Waals surface area (Å²) in [6.45, 7) is 3.64. The summed E-state index contributed by atoms with van der Waals surface area (Å²) in [5.41, 5.74) is 0.724. The molecule has 1 fully saturated rings. The average Bonchev–Trinajstić information content (AvgIpc) is 2.73. The van der Waals surface area contributed by atoms with Crippen molar-refractivity contribution in [2.45, 2.75) is 12.0 Å². The molecule has 3 rings (SSSR count). The van der Waals surface area contributed by atoms with Crippen LogP contribution in [0.15, 0.2) is 36.4 Å². The standard InChI is InChI=1S/C13H11NO3/c1-8-7-13(17-11(8)15)9-5-3-4-6-10(9)14(2)12(13)16/h3-6H,1,7H2,2H3/t13-/m0/s1. The number of rotatable bonds is 0. The van der Waals surface area contributed by atoms with Crippen LogP contribution < -0.4 is 4.90 Å². The number of fused-ring (bicyclic) bond motifs is 2. The quantitative estimate of drug-likeness (QED) is 0.498. The van der Waals surface area contributed by atoms with Crippen molar-refractivity contribution in [1.29, 1.82) is 0 Å². The van der Waals surface area contributed by atoms with Crippen LogP contribution in [-0.2, 0) is 19.9 Å². The minimum absolute atomic E-state index is 0.203. The molecule has 4 nitrogen and oxygen atoms in total. The molecule has 86 valence electrons. The normalized spacial score (nSPS) is 26.6. The Labute approximate surface area is 98.5 Å². The third-order valence-electron chi connectivity index (χ3n) is 3.37. The Bertz CT molecular complexity index is 546. The summed E-state index contributed by atoms with van der Waals surface area (Å²) in [5.74, 6) is -0.686. The number of hydrogen-bond donors (Lipinski definition) is 0. The number of amides is 1. The van der Waals surface area contributed by atoms with Gasteiger partial charge in [-0.15, -0.1) is 0 Å². The van der Waals surface area contributed by atoms with Crippen molar-refractivity contribution in [1.82, 2.24) is 0 Å². The largest absolute Gasteiger partial charge is 0.440 e. The van der Waals surface area contributed by atoms with E-state index >= 15 is 0 Å². The first-order chi connectivity index (χ1) is 8.06. The van der Waals surface area contributed by atoms with E-state index in [2.05, 4.69) is 6.58 Å². The topological polar surface area (TPSA) is 46.6 Å². The van der Waals surface area contributed by atoms with Gasteiger partial charge < -0.3 is 9.64 Å². The molecular weight excluding hydrogens is 218 g/mol. The second-order valence-corrected chi connectivity index (χ2v) is 4.38. The predicted molar refractivity (Wildman–Crippen MR) is 61.4 cm³/mol. The molecule has 2 heterocycles. The highest BCUT2D eigenvalue weighted by Crippen LogP contribution is 2.48. The van der Waals surface area contributed by atoms with Gasteiger partial charge in [0.1, 0.15) is 0 Å². The summed E-state index contributed by atoms with van der Waals surface area (Å²) in [4.78, 5) is 25.3. The summed E-state index contributed by atoms with van der Waals surface area (Å²) >= 11 is 0. The van der Waals surface area contributed by atoms with Crippen LogP contribution in [0.3, 0.4) is 0 Å². The summed E-state index contributed by atoms with van der Waals surface area (Å²) < 4.78 is 5.30. The Morgan fingerprint density at radius 3 is 2.71 bits per heavy atom. The Hall–Kier alpha value is -2.10. The van der Waals surface area contributed by atoms with Gasteiger partial charge in [-0.3, -0.25) is 4.79 Å². The first kappa shape index (κ1) is 10.1. The van der Waals surface area contributed by atoms with Crippen molar-refractivity contribution in [3.05, 3.63) is 42.0 Å². The highest BCUT2D eigenvalue weighted by Gasteiger charge is 2.57. The fraction of sp³-hybridized carbons (Fsp3) is 0.231. The van der Waals surface area contributed by atoms with E-state index in [0.717, 1.165) is 11.3 Å². The fourth-order valence-corrected chi connectivity index (χ4v) is 2.51. The molecule has 4 heteroatoms. The van der Waals surface area contributed by atoms with E-state index in [1.807, 2.05) is 24.3 Å². The number of carbonyl (C=O) groups is 2. The minimum Gasteiger partial charge on any atom is -0.440 e. The Balaban J connectivity index is 2.23. The fourth-order valence-electron chi connectivity index (χ4n) is 2.51. The molecule has 0 radical (unpaired) electrons. The van der Waals surface area contributed by atoms with Crippen LogP contribution in [0.1, 0.15) is 12.0 Å². The van der Waals surface area contributed by atoms with Gasteiger partial charge in [-0.25, -0.2) is 4.79 Å². The van der Waals surface area contributed by atoms with Gasteiger partial charge in [0.05, 0.1) is 5.69 Å². The lowest BCUT2D eigenvalue weighted by molar-refractivity contribution is -0.156. The average molecular weight is 229 g/mol. The van der Waals surface area contributed by atoms with E-state index in [0.29, 0.717) is 5.57 Å². The molecule has 2 aliphatic rings. The maximum atomic E-state index is 12.3. The molecule has 2 aliphatic heterocycles. The summed E-state index contributed by atoms with van der Waals surface area (Å²) in [5, 5.41) is 0. The molecule has 0 aromatic heterocycles. The number of esters is 1. The molecule has 0 bridgehead atoms. The van der Waals surface area contributed by atoms with Crippen LogP contribution >= 0.6 is 0 Å². The minimum atomic E-state index is -1.17. The second kappa shape index (κ2) is 2.97. The maximum Gasteiger partial charge on any atom is 0.335 e. The second-order valence-electron chi connectivity index (χ2n) is 4.38. The molecule has 1 aromatic rings. The Morgan fingerprint density at radius 2 is 2.06 bits per heavy atom. The molecule has 1 aromatic carbocycles. The van der Waals surface area contributed by atoms with Gasteiger partial charge in [0.25, 0.3) is 5.91 Å². The van der Waals surface area contributed by atoms with Gasteiger partial charge in [-0.1, -0.05) is 24.8 Å². The predicted octanol–water partition coefficient (Wildman–Crippen LogP) is 1.36. The van der Waals surface area contributed by atoms with Crippen LogP contribution in [0.2, 0.25) is 0 Å². The molecule has 0 N–H and O–H groups in total. The van der Waals surface area contributed by atoms with Gasteiger partial charge >= 0.3 is 5.97 Å². The van der Waals surface area contributed by atoms with Gasteiger partial charge in [0.15, 0.2) is 0 Å². The summed E-state index contributed by atoms with van der Waals surface area (Å²) in [7, 11) is 1.69. The smallest absolute Gasteiger partial charge is 0.335 e. The zero-order valence-corrected chi connectivity index (χ0v) is 9.40. The Kier molecular flexibility index (Phi) is 1.76. The highest BCUT2D eigenvalue weighted by atomic mass is 16.6. The van der Waals surface area contributed by atoms with Crippen LogP contribution in [0, 0.1) is 0 Å². The molecule has 0 aliphatic carbocycles. The number of carbonyl (C=O) groups excluding carboxylic acids is 2. The number of benzene rings is 1. The van der Waals surface area contributed by atoms with Crippen molar-refractivity contribution in [3.63, 3.8) is 0 Å². The van der Waals surface area contributed by atoms with Crippen molar-refractivity contribution in [3.8, 4) is 0 Å². The van der Waals surface area contributed by atoms with E-state index in [1.165, 1.54) is 4.90 Å².